The summed E-state index contributed by atoms with van der Waals surface area (Å²) in [6.07, 6.45) is 2.75. The third kappa shape index (κ3) is 4.22. The molecule has 22 heavy (non-hydrogen) atoms. The molecular weight excluding hydrogens is 278 g/mol. The van der Waals surface area contributed by atoms with Crippen LogP contribution in [0.3, 0.4) is 0 Å². The fraction of sp³-hybridized carbons (Fsp3) is 0.294. The van der Waals surface area contributed by atoms with Crippen LogP contribution in [0.4, 0.5) is 11.5 Å². The molecule has 5 nitrogen and oxygen atoms in total. The quantitative estimate of drug-likeness (QED) is 0.856. The van der Waals surface area contributed by atoms with Crippen molar-refractivity contribution in [2.45, 2.75) is 26.3 Å². The molecule has 0 fully saturated rings. The Morgan fingerprint density at radius 2 is 2.14 bits per heavy atom. The van der Waals surface area contributed by atoms with Crippen LogP contribution in [0.2, 0.25) is 0 Å². The molecule has 0 saturated carbocycles. The van der Waals surface area contributed by atoms with Crippen LogP contribution in [0.5, 0.6) is 5.75 Å². The zero-order valence-corrected chi connectivity index (χ0v) is 13.1. The molecule has 0 spiro atoms. The van der Waals surface area contributed by atoms with Crippen molar-refractivity contribution >= 4 is 17.4 Å². The SMILES string of the molecule is CCC(C)Nc1ccc(NC(=O)c2cccc(OC)c2)nc1. The summed E-state index contributed by atoms with van der Waals surface area (Å²) in [5, 5.41) is 6.10. The second kappa shape index (κ2) is 7.45. The molecule has 0 bridgehead atoms. The second-order valence-corrected chi connectivity index (χ2v) is 5.07. The Hall–Kier alpha value is -2.56. The van der Waals surface area contributed by atoms with E-state index in [0.29, 0.717) is 23.2 Å². The molecule has 1 heterocycles. The predicted octanol–water partition coefficient (Wildman–Crippen LogP) is 3.55. The van der Waals surface area contributed by atoms with E-state index in [4.69, 9.17) is 4.74 Å². The van der Waals surface area contributed by atoms with Crippen LogP contribution < -0.4 is 15.4 Å². The van der Waals surface area contributed by atoms with Gasteiger partial charge in [-0.15, -0.1) is 0 Å². The molecule has 0 radical (unpaired) electrons. The van der Waals surface area contributed by atoms with Gasteiger partial charge in [0.05, 0.1) is 19.0 Å². The van der Waals surface area contributed by atoms with Gasteiger partial charge in [-0.1, -0.05) is 13.0 Å². The number of ether oxygens (including phenoxy) is 1. The first kappa shape index (κ1) is 15.8. The summed E-state index contributed by atoms with van der Waals surface area (Å²) in [6.45, 7) is 4.23. The van der Waals surface area contributed by atoms with E-state index >= 15 is 0 Å². The van der Waals surface area contributed by atoms with Crippen molar-refractivity contribution in [2.24, 2.45) is 0 Å². The van der Waals surface area contributed by atoms with Crippen molar-refractivity contribution in [3.8, 4) is 5.75 Å². The van der Waals surface area contributed by atoms with Gasteiger partial charge < -0.3 is 15.4 Å². The van der Waals surface area contributed by atoms with E-state index in [2.05, 4.69) is 29.5 Å². The van der Waals surface area contributed by atoms with E-state index in [9.17, 15) is 4.79 Å². The number of anilines is 2. The Bertz CT molecular complexity index is 626. The first-order valence-corrected chi connectivity index (χ1v) is 7.30. The molecule has 2 N–H and O–H groups in total. The topological polar surface area (TPSA) is 63.2 Å². The van der Waals surface area contributed by atoms with Crippen LogP contribution in [0.25, 0.3) is 0 Å². The number of methoxy groups -OCH3 is 1. The number of hydrogen-bond acceptors (Lipinski definition) is 4. The van der Waals surface area contributed by atoms with Gasteiger partial charge >= 0.3 is 0 Å². The summed E-state index contributed by atoms with van der Waals surface area (Å²) in [4.78, 5) is 16.4. The highest BCUT2D eigenvalue weighted by atomic mass is 16.5. The molecule has 0 aliphatic carbocycles. The Morgan fingerprint density at radius 1 is 1.32 bits per heavy atom. The van der Waals surface area contributed by atoms with E-state index in [1.165, 1.54) is 0 Å². The lowest BCUT2D eigenvalue weighted by molar-refractivity contribution is 0.102. The number of benzene rings is 1. The average Bonchev–Trinajstić information content (AvgIpc) is 2.56. The van der Waals surface area contributed by atoms with Crippen molar-refractivity contribution in [1.29, 1.82) is 0 Å². The number of aromatic nitrogens is 1. The number of carbonyl (C=O) groups is 1. The minimum absolute atomic E-state index is 0.214. The van der Waals surface area contributed by atoms with E-state index in [1.807, 2.05) is 6.07 Å². The number of pyridine rings is 1. The normalized spacial score (nSPS) is 11.6. The van der Waals surface area contributed by atoms with Crippen molar-refractivity contribution in [1.82, 2.24) is 4.98 Å². The minimum atomic E-state index is -0.214. The van der Waals surface area contributed by atoms with E-state index in [-0.39, 0.29) is 5.91 Å². The lowest BCUT2D eigenvalue weighted by Crippen LogP contribution is -2.15. The maximum atomic E-state index is 12.2. The summed E-state index contributed by atoms with van der Waals surface area (Å²) >= 11 is 0. The van der Waals surface area contributed by atoms with Gasteiger partial charge in [0.25, 0.3) is 5.91 Å². The standard InChI is InChI=1S/C17H21N3O2/c1-4-12(2)19-14-8-9-16(18-11-14)20-17(21)13-6-5-7-15(10-13)22-3/h5-12,19H,4H2,1-3H3,(H,18,20,21). The van der Waals surface area contributed by atoms with Gasteiger partial charge in [-0.3, -0.25) is 4.79 Å². The summed E-state index contributed by atoms with van der Waals surface area (Å²) in [5.41, 5.74) is 1.47. The number of rotatable bonds is 6. The minimum Gasteiger partial charge on any atom is -0.497 e. The van der Waals surface area contributed by atoms with Crippen LogP contribution in [0.1, 0.15) is 30.6 Å². The van der Waals surface area contributed by atoms with Crippen LogP contribution in [-0.2, 0) is 0 Å². The van der Waals surface area contributed by atoms with Crippen LogP contribution in [-0.4, -0.2) is 24.0 Å². The van der Waals surface area contributed by atoms with Crippen molar-refractivity contribution in [3.63, 3.8) is 0 Å². The molecule has 1 aromatic carbocycles. The zero-order chi connectivity index (χ0) is 15.9. The largest absolute Gasteiger partial charge is 0.497 e. The van der Waals surface area contributed by atoms with Gasteiger partial charge in [-0.25, -0.2) is 4.98 Å². The van der Waals surface area contributed by atoms with Gasteiger partial charge in [-0.2, -0.15) is 0 Å². The molecular formula is C17H21N3O2. The van der Waals surface area contributed by atoms with Gasteiger partial charge in [0.15, 0.2) is 0 Å². The van der Waals surface area contributed by atoms with E-state index < -0.39 is 0 Å². The monoisotopic (exact) mass is 299 g/mol. The highest BCUT2D eigenvalue weighted by Gasteiger charge is 2.08. The summed E-state index contributed by atoms with van der Waals surface area (Å²) in [7, 11) is 1.57. The molecule has 1 amide bonds. The number of amides is 1. The number of nitrogens with one attached hydrogen (secondary N) is 2. The third-order valence-electron chi connectivity index (χ3n) is 3.36. The first-order chi connectivity index (χ1) is 10.6. The third-order valence-corrected chi connectivity index (χ3v) is 3.36. The smallest absolute Gasteiger partial charge is 0.256 e. The zero-order valence-electron chi connectivity index (χ0n) is 13.1. The number of hydrogen-bond donors (Lipinski definition) is 2. The van der Waals surface area contributed by atoms with E-state index in [1.54, 1.807) is 43.6 Å². The molecule has 2 rings (SSSR count). The molecule has 1 unspecified atom stereocenters. The van der Waals surface area contributed by atoms with Crippen LogP contribution in [0, 0.1) is 0 Å². The lowest BCUT2D eigenvalue weighted by atomic mass is 10.2. The van der Waals surface area contributed by atoms with Crippen LogP contribution >= 0.6 is 0 Å². The predicted molar refractivity (Wildman–Crippen MR) is 88.6 cm³/mol. The Kier molecular flexibility index (Phi) is 5.36. The van der Waals surface area contributed by atoms with Crippen molar-refractivity contribution < 1.29 is 9.53 Å². The Morgan fingerprint density at radius 3 is 2.77 bits per heavy atom. The van der Waals surface area contributed by atoms with E-state index in [0.717, 1.165) is 12.1 Å². The average molecular weight is 299 g/mol. The van der Waals surface area contributed by atoms with Gasteiger partial charge in [-0.05, 0) is 43.7 Å². The summed E-state index contributed by atoms with van der Waals surface area (Å²) < 4.78 is 5.11. The highest BCUT2D eigenvalue weighted by molar-refractivity contribution is 6.04. The lowest BCUT2D eigenvalue weighted by Gasteiger charge is -2.13. The Balaban J connectivity index is 2.02. The fourth-order valence-electron chi connectivity index (χ4n) is 1.89. The molecule has 5 heteroatoms. The highest BCUT2D eigenvalue weighted by Crippen LogP contribution is 2.15. The molecule has 0 aliphatic heterocycles. The molecule has 116 valence electrons. The first-order valence-electron chi connectivity index (χ1n) is 7.30. The maximum absolute atomic E-state index is 12.2. The molecule has 0 aliphatic rings. The molecule has 1 aromatic heterocycles. The van der Waals surface area contributed by atoms with Crippen molar-refractivity contribution in [3.05, 3.63) is 48.2 Å². The summed E-state index contributed by atoms with van der Waals surface area (Å²) in [6, 6.07) is 11.1. The molecule has 0 saturated heterocycles. The van der Waals surface area contributed by atoms with Gasteiger partial charge in [0.1, 0.15) is 11.6 Å². The van der Waals surface area contributed by atoms with Gasteiger partial charge in [0.2, 0.25) is 0 Å². The molecule has 2 aromatic rings. The maximum Gasteiger partial charge on any atom is 0.256 e. The Labute approximate surface area is 130 Å². The number of carbonyl (C=O) groups excluding carboxylic acids is 1. The molecule has 1 atom stereocenters. The fourth-order valence-corrected chi connectivity index (χ4v) is 1.89. The number of nitrogens with zero attached hydrogens (tertiary/aromatic N) is 1. The van der Waals surface area contributed by atoms with Gasteiger partial charge in [0, 0.05) is 11.6 Å². The second-order valence-electron chi connectivity index (χ2n) is 5.07. The van der Waals surface area contributed by atoms with Crippen molar-refractivity contribution in [2.75, 3.05) is 17.7 Å². The summed E-state index contributed by atoms with van der Waals surface area (Å²) in [5.74, 6) is 0.949. The van der Waals surface area contributed by atoms with Crippen LogP contribution in [0.15, 0.2) is 42.6 Å².